The molecule has 0 bridgehead atoms. The fourth-order valence-electron chi connectivity index (χ4n) is 3.34. The Morgan fingerprint density at radius 3 is 3.00 bits per heavy atom. The van der Waals surface area contributed by atoms with Crippen LogP contribution in [0.2, 0.25) is 0 Å². The van der Waals surface area contributed by atoms with Crippen LogP contribution in [0.3, 0.4) is 0 Å². The van der Waals surface area contributed by atoms with Crippen molar-refractivity contribution in [3.05, 3.63) is 18.0 Å². The standard InChI is InChI=1S/C15H22N4O4/c1-18-12(3-4-17-18)15(21)16-5-10-8-23-13-7-19(6-11(10)13)14(20)9-22-2/h3-4,10-11,13H,5-9H2,1-2H3,(H,16,21)/t10-,11+,13+/m0/s1. The summed E-state index contributed by atoms with van der Waals surface area (Å²) in [5, 5.41) is 6.93. The number of amides is 2. The Morgan fingerprint density at radius 2 is 2.30 bits per heavy atom. The topological polar surface area (TPSA) is 85.7 Å². The lowest BCUT2D eigenvalue weighted by atomic mass is 9.93. The van der Waals surface area contributed by atoms with E-state index in [0.717, 1.165) is 0 Å². The first-order valence-electron chi connectivity index (χ1n) is 7.74. The Labute approximate surface area is 134 Å². The van der Waals surface area contributed by atoms with E-state index in [4.69, 9.17) is 9.47 Å². The first-order chi connectivity index (χ1) is 11.1. The number of fused-ring (bicyclic) bond motifs is 1. The Balaban J connectivity index is 1.53. The molecular weight excluding hydrogens is 300 g/mol. The summed E-state index contributed by atoms with van der Waals surface area (Å²) in [4.78, 5) is 25.8. The second-order valence-electron chi connectivity index (χ2n) is 6.08. The Hall–Kier alpha value is -1.93. The van der Waals surface area contributed by atoms with E-state index < -0.39 is 0 Å². The highest BCUT2D eigenvalue weighted by Crippen LogP contribution is 2.33. The number of carbonyl (C=O) groups excluding carboxylic acids is 2. The van der Waals surface area contributed by atoms with E-state index >= 15 is 0 Å². The van der Waals surface area contributed by atoms with Gasteiger partial charge in [0.05, 0.1) is 12.7 Å². The number of likely N-dealkylation sites (tertiary alicyclic amines) is 1. The van der Waals surface area contributed by atoms with Gasteiger partial charge in [0.25, 0.3) is 5.91 Å². The molecule has 0 saturated carbocycles. The van der Waals surface area contributed by atoms with E-state index in [1.165, 1.54) is 7.11 Å². The number of hydrogen-bond donors (Lipinski definition) is 1. The van der Waals surface area contributed by atoms with Crippen LogP contribution >= 0.6 is 0 Å². The minimum atomic E-state index is -0.140. The zero-order chi connectivity index (χ0) is 16.4. The lowest BCUT2D eigenvalue weighted by Crippen LogP contribution is -2.36. The number of aryl methyl sites for hydroxylation is 1. The molecule has 1 aromatic rings. The first kappa shape index (κ1) is 15.9. The molecule has 0 aliphatic carbocycles. The third-order valence-corrected chi connectivity index (χ3v) is 4.64. The number of nitrogens with one attached hydrogen (secondary N) is 1. The maximum atomic E-state index is 12.1. The highest BCUT2D eigenvalue weighted by atomic mass is 16.5. The fourth-order valence-corrected chi connectivity index (χ4v) is 3.34. The van der Waals surface area contributed by atoms with E-state index in [0.29, 0.717) is 31.9 Å². The maximum Gasteiger partial charge on any atom is 0.269 e. The first-order valence-corrected chi connectivity index (χ1v) is 7.74. The summed E-state index contributed by atoms with van der Waals surface area (Å²) in [6.07, 6.45) is 1.66. The zero-order valence-corrected chi connectivity index (χ0v) is 13.4. The van der Waals surface area contributed by atoms with Crippen LogP contribution in [0.1, 0.15) is 10.5 Å². The van der Waals surface area contributed by atoms with Crippen molar-refractivity contribution >= 4 is 11.8 Å². The van der Waals surface area contributed by atoms with Crippen LogP contribution < -0.4 is 5.32 Å². The average Bonchev–Trinajstić information content (AvgIpc) is 3.20. The largest absolute Gasteiger partial charge is 0.376 e. The number of nitrogens with zero attached hydrogens (tertiary/aromatic N) is 3. The lowest BCUT2D eigenvalue weighted by molar-refractivity contribution is -0.134. The molecule has 8 nitrogen and oxygen atoms in total. The number of carbonyl (C=O) groups is 2. The molecule has 0 unspecified atom stereocenters. The smallest absolute Gasteiger partial charge is 0.269 e. The van der Waals surface area contributed by atoms with Crippen LogP contribution in [0.5, 0.6) is 0 Å². The molecule has 2 aliphatic rings. The lowest BCUT2D eigenvalue weighted by Gasteiger charge is -2.20. The quantitative estimate of drug-likeness (QED) is 0.772. The van der Waals surface area contributed by atoms with Gasteiger partial charge in [0.2, 0.25) is 5.91 Å². The van der Waals surface area contributed by atoms with Gasteiger partial charge in [-0.25, -0.2) is 0 Å². The third-order valence-electron chi connectivity index (χ3n) is 4.64. The van der Waals surface area contributed by atoms with Crippen molar-refractivity contribution in [2.75, 3.05) is 40.0 Å². The number of aromatic nitrogens is 2. The molecule has 2 fully saturated rings. The molecule has 2 aliphatic heterocycles. The van der Waals surface area contributed by atoms with Crippen molar-refractivity contribution in [1.29, 1.82) is 0 Å². The molecule has 0 radical (unpaired) electrons. The zero-order valence-electron chi connectivity index (χ0n) is 13.4. The van der Waals surface area contributed by atoms with Gasteiger partial charge in [0.1, 0.15) is 12.3 Å². The van der Waals surface area contributed by atoms with Crippen molar-refractivity contribution in [2.24, 2.45) is 18.9 Å². The van der Waals surface area contributed by atoms with Crippen LogP contribution in [0.15, 0.2) is 12.3 Å². The molecule has 3 heterocycles. The van der Waals surface area contributed by atoms with Gasteiger partial charge in [-0.2, -0.15) is 5.10 Å². The Morgan fingerprint density at radius 1 is 1.48 bits per heavy atom. The molecule has 126 valence electrons. The normalized spacial score (nSPS) is 26.3. The SMILES string of the molecule is COCC(=O)N1C[C@@H]2[C@@H](CNC(=O)c3ccnn3C)CO[C@@H]2C1. The second kappa shape index (κ2) is 6.67. The van der Waals surface area contributed by atoms with Crippen LogP contribution in [0.4, 0.5) is 0 Å². The van der Waals surface area contributed by atoms with Crippen LogP contribution in [-0.2, 0) is 21.3 Å². The summed E-state index contributed by atoms with van der Waals surface area (Å²) < 4.78 is 12.2. The molecule has 2 saturated heterocycles. The monoisotopic (exact) mass is 322 g/mol. The molecule has 0 spiro atoms. The van der Waals surface area contributed by atoms with Gasteiger partial charge < -0.3 is 19.7 Å². The van der Waals surface area contributed by atoms with Crippen LogP contribution in [-0.4, -0.2) is 72.6 Å². The maximum absolute atomic E-state index is 12.1. The molecule has 3 atom stereocenters. The molecule has 8 heteroatoms. The van der Waals surface area contributed by atoms with E-state index in [9.17, 15) is 9.59 Å². The van der Waals surface area contributed by atoms with E-state index in [2.05, 4.69) is 10.4 Å². The molecular formula is C15H22N4O4. The number of methoxy groups -OCH3 is 1. The van der Waals surface area contributed by atoms with Gasteiger partial charge in [-0.3, -0.25) is 14.3 Å². The van der Waals surface area contributed by atoms with Gasteiger partial charge in [0, 0.05) is 51.8 Å². The van der Waals surface area contributed by atoms with Gasteiger partial charge in [-0.1, -0.05) is 0 Å². The second-order valence-corrected chi connectivity index (χ2v) is 6.08. The molecule has 1 aromatic heterocycles. The highest BCUT2D eigenvalue weighted by Gasteiger charge is 2.45. The Kier molecular flexibility index (Phi) is 4.63. The molecule has 1 N–H and O–H groups in total. The van der Waals surface area contributed by atoms with Gasteiger partial charge in [-0.15, -0.1) is 0 Å². The van der Waals surface area contributed by atoms with Gasteiger partial charge >= 0.3 is 0 Å². The summed E-state index contributed by atoms with van der Waals surface area (Å²) in [5.41, 5.74) is 0.531. The average molecular weight is 322 g/mol. The third kappa shape index (κ3) is 3.23. The van der Waals surface area contributed by atoms with Gasteiger partial charge in [0.15, 0.2) is 0 Å². The van der Waals surface area contributed by atoms with Crippen molar-refractivity contribution < 1.29 is 19.1 Å². The van der Waals surface area contributed by atoms with E-state index in [1.807, 2.05) is 0 Å². The van der Waals surface area contributed by atoms with Gasteiger partial charge in [-0.05, 0) is 6.07 Å². The predicted molar refractivity (Wildman–Crippen MR) is 80.7 cm³/mol. The summed E-state index contributed by atoms with van der Waals surface area (Å²) in [6.45, 7) is 2.53. The number of rotatable bonds is 5. The minimum Gasteiger partial charge on any atom is -0.376 e. The predicted octanol–water partition coefficient (Wildman–Crippen LogP) is -0.730. The van der Waals surface area contributed by atoms with Crippen molar-refractivity contribution in [3.8, 4) is 0 Å². The number of hydrogen-bond acceptors (Lipinski definition) is 5. The number of ether oxygens (including phenoxy) is 2. The van der Waals surface area contributed by atoms with Crippen LogP contribution in [0.25, 0.3) is 0 Å². The molecule has 0 aromatic carbocycles. The molecule has 3 rings (SSSR count). The van der Waals surface area contributed by atoms with Crippen LogP contribution in [0, 0.1) is 11.8 Å². The highest BCUT2D eigenvalue weighted by molar-refractivity contribution is 5.92. The molecule has 2 amide bonds. The summed E-state index contributed by atoms with van der Waals surface area (Å²) in [6, 6.07) is 1.68. The summed E-state index contributed by atoms with van der Waals surface area (Å²) in [5.74, 6) is 0.335. The van der Waals surface area contributed by atoms with Crippen molar-refractivity contribution in [3.63, 3.8) is 0 Å². The van der Waals surface area contributed by atoms with Crippen molar-refractivity contribution in [1.82, 2.24) is 20.0 Å². The van der Waals surface area contributed by atoms with E-state index in [-0.39, 0.29) is 36.4 Å². The Bertz CT molecular complexity index is 588. The molecule has 23 heavy (non-hydrogen) atoms. The fraction of sp³-hybridized carbons (Fsp3) is 0.667. The minimum absolute atomic E-state index is 0.0110. The van der Waals surface area contributed by atoms with E-state index in [1.54, 1.807) is 28.9 Å². The van der Waals surface area contributed by atoms with Crippen molar-refractivity contribution in [2.45, 2.75) is 6.10 Å². The summed E-state index contributed by atoms with van der Waals surface area (Å²) >= 11 is 0. The summed E-state index contributed by atoms with van der Waals surface area (Å²) in [7, 11) is 3.25.